The Morgan fingerprint density at radius 1 is 1.05 bits per heavy atom. The number of thioether (sulfide) groups is 1. The van der Waals surface area contributed by atoms with Gasteiger partial charge < -0.3 is 15.6 Å². The number of para-hydroxylation sites is 1. The van der Waals surface area contributed by atoms with Crippen molar-refractivity contribution in [2.24, 2.45) is 0 Å². The van der Waals surface area contributed by atoms with Crippen LogP contribution in [0.2, 0.25) is 0 Å². The van der Waals surface area contributed by atoms with E-state index in [4.69, 9.17) is 10.5 Å². The lowest BCUT2D eigenvalue weighted by atomic mass is 10.2. The van der Waals surface area contributed by atoms with Crippen LogP contribution in [0.1, 0.15) is 5.56 Å². The van der Waals surface area contributed by atoms with E-state index < -0.39 is 6.10 Å². The summed E-state index contributed by atoms with van der Waals surface area (Å²) in [7, 11) is 0. The van der Waals surface area contributed by atoms with Gasteiger partial charge in [-0.15, -0.1) is 11.8 Å². The summed E-state index contributed by atoms with van der Waals surface area (Å²) in [6.45, 7) is 0.852. The maximum absolute atomic E-state index is 9.89. The van der Waals surface area contributed by atoms with Gasteiger partial charge in [0.05, 0.1) is 19.3 Å². The number of hydrogen-bond donors (Lipinski definition) is 2. The van der Waals surface area contributed by atoms with Gasteiger partial charge in [-0.25, -0.2) is 0 Å². The lowest BCUT2D eigenvalue weighted by molar-refractivity contribution is 0.0398. The number of nitrogen functional groups attached to an aromatic ring is 1. The zero-order valence-corrected chi connectivity index (χ0v) is 12.1. The molecule has 0 radical (unpaired) electrons. The van der Waals surface area contributed by atoms with Crippen LogP contribution in [0.4, 0.5) is 5.69 Å². The van der Waals surface area contributed by atoms with E-state index in [1.54, 1.807) is 11.8 Å². The molecule has 3 nitrogen and oxygen atoms in total. The van der Waals surface area contributed by atoms with E-state index in [-0.39, 0.29) is 0 Å². The smallest absolute Gasteiger partial charge is 0.0867 e. The molecule has 0 aromatic heterocycles. The topological polar surface area (TPSA) is 55.5 Å². The molecule has 0 aliphatic carbocycles. The van der Waals surface area contributed by atoms with Crippen LogP contribution < -0.4 is 5.73 Å². The molecule has 0 saturated heterocycles. The number of ether oxygens (including phenoxy) is 1. The van der Waals surface area contributed by atoms with Crippen LogP contribution in [0, 0.1) is 0 Å². The molecule has 0 heterocycles. The second-order valence-electron chi connectivity index (χ2n) is 4.50. The first kappa shape index (κ1) is 14.9. The molecule has 4 heteroatoms. The van der Waals surface area contributed by atoms with Crippen LogP contribution in [0.5, 0.6) is 0 Å². The number of aliphatic hydroxyl groups excluding tert-OH is 1. The van der Waals surface area contributed by atoms with E-state index in [1.165, 1.54) is 0 Å². The molecular formula is C16H19NO2S. The summed E-state index contributed by atoms with van der Waals surface area (Å²) < 4.78 is 5.51. The molecule has 2 aromatic rings. The van der Waals surface area contributed by atoms with Gasteiger partial charge in [0, 0.05) is 16.3 Å². The quantitative estimate of drug-likeness (QED) is 0.608. The van der Waals surface area contributed by atoms with Gasteiger partial charge in [-0.1, -0.05) is 42.5 Å². The molecule has 20 heavy (non-hydrogen) atoms. The highest BCUT2D eigenvalue weighted by atomic mass is 32.2. The average molecular weight is 289 g/mol. The fourth-order valence-corrected chi connectivity index (χ4v) is 2.61. The fraction of sp³-hybridized carbons (Fsp3) is 0.250. The van der Waals surface area contributed by atoms with Crippen LogP contribution in [-0.4, -0.2) is 23.6 Å². The lowest BCUT2D eigenvalue weighted by Gasteiger charge is -2.12. The molecule has 1 atom stereocenters. The third-order valence-electron chi connectivity index (χ3n) is 2.77. The Hall–Kier alpha value is -1.49. The fourth-order valence-electron chi connectivity index (χ4n) is 1.73. The highest BCUT2D eigenvalue weighted by Gasteiger charge is 2.07. The van der Waals surface area contributed by atoms with Crippen molar-refractivity contribution in [3.63, 3.8) is 0 Å². The van der Waals surface area contributed by atoms with E-state index in [2.05, 4.69) is 0 Å². The summed E-state index contributed by atoms with van der Waals surface area (Å²) in [6, 6.07) is 17.6. The standard InChI is InChI=1S/C16H19NO2S/c17-15-8-4-5-9-16(15)20-12-14(18)11-19-10-13-6-2-1-3-7-13/h1-9,14,18H,10-12,17H2. The molecule has 0 amide bonds. The number of nitrogens with two attached hydrogens (primary N) is 1. The normalized spacial score (nSPS) is 12.2. The van der Waals surface area contributed by atoms with Gasteiger partial charge in [0.2, 0.25) is 0 Å². The van der Waals surface area contributed by atoms with Crippen molar-refractivity contribution in [1.82, 2.24) is 0 Å². The number of aliphatic hydroxyl groups is 1. The highest BCUT2D eigenvalue weighted by Crippen LogP contribution is 2.24. The maximum Gasteiger partial charge on any atom is 0.0867 e. The van der Waals surface area contributed by atoms with Gasteiger partial charge in [-0.3, -0.25) is 0 Å². The zero-order chi connectivity index (χ0) is 14.2. The average Bonchev–Trinajstić information content (AvgIpc) is 2.47. The summed E-state index contributed by atoms with van der Waals surface area (Å²) in [6.07, 6.45) is -0.497. The largest absolute Gasteiger partial charge is 0.398 e. The summed E-state index contributed by atoms with van der Waals surface area (Å²) in [5.74, 6) is 0.572. The molecule has 0 aliphatic rings. The Kier molecular flexibility index (Phi) is 5.92. The summed E-state index contributed by atoms with van der Waals surface area (Å²) in [5, 5.41) is 9.89. The second kappa shape index (κ2) is 7.94. The number of anilines is 1. The third kappa shape index (κ3) is 4.89. The van der Waals surface area contributed by atoms with Crippen LogP contribution in [0.25, 0.3) is 0 Å². The predicted molar refractivity (Wildman–Crippen MR) is 83.7 cm³/mol. The van der Waals surface area contributed by atoms with E-state index in [1.807, 2.05) is 54.6 Å². The maximum atomic E-state index is 9.89. The molecule has 0 bridgehead atoms. The summed E-state index contributed by atoms with van der Waals surface area (Å²) in [5.41, 5.74) is 7.71. The molecule has 3 N–H and O–H groups in total. The molecule has 0 spiro atoms. The second-order valence-corrected chi connectivity index (χ2v) is 5.57. The SMILES string of the molecule is Nc1ccccc1SCC(O)COCc1ccccc1. The molecule has 2 rings (SSSR count). The van der Waals surface area contributed by atoms with Gasteiger partial charge in [0.1, 0.15) is 0 Å². The van der Waals surface area contributed by atoms with Crippen LogP contribution >= 0.6 is 11.8 Å². The summed E-state index contributed by atoms with van der Waals surface area (Å²) in [4.78, 5) is 0.995. The first-order chi connectivity index (χ1) is 9.75. The van der Waals surface area contributed by atoms with E-state index in [0.29, 0.717) is 19.0 Å². The van der Waals surface area contributed by atoms with Crippen LogP contribution in [0.15, 0.2) is 59.5 Å². The molecule has 1 unspecified atom stereocenters. The van der Waals surface area contributed by atoms with Gasteiger partial charge in [-0.05, 0) is 17.7 Å². The first-order valence-corrected chi connectivity index (χ1v) is 7.51. The van der Waals surface area contributed by atoms with Gasteiger partial charge in [0.25, 0.3) is 0 Å². The number of hydrogen-bond acceptors (Lipinski definition) is 4. The number of rotatable bonds is 7. The molecule has 0 saturated carbocycles. The highest BCUT2D eigenvalue weighted by molar-refractivity contribution is 7.99. The Morgan fingerprint density at radius 2 is 1.75 bits per heavy atom. The lowest BCUT2D eigenvalue weighted by Crippen LogP contribution is -2.18. The summed E-state index contributed by atoms with van der Waals surface area (Å²) >= 11 is 1.55. The minimum Gasteiger partial charge on any atom is -0.398 e. The molecule has 106 valence electrons. The Balaban J connectivity index is 1.68. The molecule has 0 aliphatic heterocycles. The first-order valence-electron chi connectivity index (χ1n) is 6.53. The molecule has 2 aromatic carbocycles. The van der Waals surface area contributed by atoms with Crippen molar-refractivity contribution in [1.29, 1.82) is 0 Å². The monoisotopic (exact) mass is 289 g/mol. The van der Waals surface area contributed by atoms with E-state index in [9.17, 15) is 5.11 Å². The van der Waals surface area contributed by atoms with Crippen molar-refractivity contribution < 1.29 is 9.84 Å². The number of benzene rings is 2. The van der Waals surface area contributed by atoms with E-state index in [0.717, 1.165) is 16.1 Å². The zero-order valence-electron chi connectivity index (χ0n) is 11.2. The van der Waals surface area contributed by atoms with Gasteiger partial charge in [0.15, 0.2) is 0 Å². The van der Waals surface area contributed by atoms with Crippen molar-refractivity contribution >= 4 is 17.4 Å². The van der Waals surface area contributed by atoms with Gasteiger partial charge >= 0.3 is 0 Å². The third-order valence-corrected chi connectivity index (χ3v) is 4.01. The van der Waals surface area contributed by atoms with Crippen LogP contribution in [0.3, 0.4) is 0 Å². The van der Waals surface area contributed by atoms with E-state index >= 15 is 0 Å². The predicted octanol–water partition coefficient (Wildman–Crippen LogP) is 2.94. The van der Waals surface area contributed by atoms with Gasteiger partial charge in [-0.2, -0.15) is 0 Å². The Morgan fingerprint density at radius 3 is 2.50 bits per heavy atom. The Bertz CT molecular complexity index is 519. The minimum absolute atomic E-state index is 0.328. The van der Waals surface area contributed by atoms with Crippen molar-refractivity contribution in [2.75, 3.05) is 18.1 Å². The van der Waals surface area contributed by atoms with Crippen molar-refractivity contribution in [2.45, 2.75) is 17.6 Å². The van der Waals surface area contributed by atoms with Crippen molar-refractivity contribution in [3.05, 3.63) is 60.2 Å². The van der Waals surface area contributed by atoms with Crippen LogP contribution in [-0.2, 0) is 11.3 Å². The minimum atomic E-state index is -0.497. The molecule has 0 fully saturated rings. The van der Waals surface area contributed by atoms with Crippen molar-refractivity contribution in [3.8, 4) is 0 Å². The Labute approximate surface area is 123 Å². The molecular weight excluding hydrogens is 270 g/mol.